The van der Waals surface area contributed by atoms with Gasteiger partial charge in [0.15, 0.2) is 5.01 Å². The maximum atomic E-state index is 14.3. The lowest BCUT2D eigenvalue weighted by Gasteiger charge is -2.22. The molecule has 0 atom stereocenters. The number of carbonyl (C=O) groups is 1. The van der Waals surface area contributed by atoms with Crippen LogP contribution in [0.15, 0.2) is 12.3 Å². The zero-order valence-corrected chi connectivity index (χ0v) is 22.8. The van der Waals surface area contributed by atoms with Gasteiger partial charge in [-0.05, 0) is 51.0 Å². The zero-order valence-electron chi connectivity index (χ0n) is 22.0. The first-order valence-corrected chi connectivity index (χ1v) is 13.5. The van der Waals surface area contributed by atoms with Crippen molar-refractivity contribution in [3.8, 4) is 10.4 Å². The molecule has 11 heteroatoms. The summed E-state index contributed by atoms with van der Waals surface area (Å²) in [6, 6.07) is 1.84. The quantitative estimate of drug-likeness (QED) is 0.421. The van der Waals surface area contributed by atoms with Crippen LogP contribution in [0.3, 0.4) is 0 Å². The lowest BCUT2D eigenvalue weighted by Crippen LogP contribution is -2.38. The molecule has 2 aromatic heterocycles. The summed E-state index contributed by atoms with van der Waals surface area (Å²) in [6.07, 6.45) is 0.924. The van der Waals surface area contributed by atoms with Crippen LogP contribution in [0.4, 0.5) is 19.0 Å². The molecule has 37 heavy (non-hydrogen) atoms. The second kappa shape index (κ2) is 10.1. The van der Waals surface area contributed by atoms with Crippen molar-refractivity contribution in [2.24, 2.45) is 5.41 Å². The molecule has 4 rings (SSSR count). The first-order valence-electron chi connectivity index (χ1n) is 12.7. The molecular formula is C26H36F3N5O2S. The van der Waals surface area contributed by atoms with Gasteiger partial charge in [0.1, 0.15) is 5.82 Å². The molecule has 2 saturated heterocycles. The van der Waals surface area contributed by atoms with E-state index < -0.39 is 23.2 Å². The predicted molar refractivity (Wildman–Crippen MR) is 139 cm³/mol. The molecule has 2 aromatic rings. The smallest absolute Gasteiger partial charge is 0.389 e. The topological polar surface area (TPSA) is 90.4 Å². The number of hydrogen-bond donors (Lipinski definition) is 3. The third-order valence-corrected chi connectivity index (χ3v) is 7.89. The van der Waals surface area contributed by atoms with Crippen molar-refractivity contribution in [3.63, 3.8) is 0 Å². The number of carbonyl (C=O) groups excluding carboxylic acids is 1. The summed E-state index contributed by atoms with van der Waals surface area (Å²) in [7, 11) is 0. The maximum Gasteiger partial charge on any atom is 0.417 e. The van der Waals surface area contributed by atoms with Gasteiger partial charge in [0.2, 0.25) is 0 Å². The van der Waals surface area contributed by atoms with Gasteiger partial charge in [-0.25, -0.2) is 9.97 Å². The van der Waals surface area contributed by atoms with E-state index in [2.05, 4.69) is 25.5 Å². The number of rotatable bonds is 8. The normalized spacial score (nSPS) is 20.5. The van der Waals surface area contributed by atoms with Crippen LogP contribution in [-0.4, -0.2) is 56.7 Å². The summed E-state index contributed by atoms with van der Waals surface area (Å²) in [4.78, 5) is 24.3. The maximum absolute atomic E-state index is 14.3. The molecule has 0 unspecified atom stereocenters. The molecule has 0 aromatic carbocycles. The molecule has 2 bridgehead atoms. The standard InChI is InChI=1S/C26H36F3N5O2S/c1-24(2,3)13-31-20-10-18(26(27,28)29)17(11-30-20)21-19(12-34-15-6-7-16(34)9-8-15)33-23(37-21)22(35)32-14-25(4,5)36/h10-11,15-16,36H,6-9,12-14H2,1-5H3,(H,30,31)(H,32,35). The molecule has 2 aliphatic heterocycles. The van der Waals surface area contributed by atoms with Crippen LogP contribution in [0.25, 0.3) is 10.4 Å². The number of hydrogen-bond acceptors (Lipinski definition) is 7. The van der Waals surface area contributed by atoms with E-state index in [-0.39, 0.29) is 28.3 Å². The molecule has 2 aliphatic rings. The number of nitrogens with one attached hydrogen (secondary N) is 2. The van der Waals surface area contributed by atoms with Gasteiger partial charge in [0.25, 0.3) is 5.91 Å². The fourth-order valence-corrected chi connectivity index (χ4v) is 5.93. The molecule has 1 amide bonds. The molecule has 204 valence electrons. The van der Waals surface area contributed by atoms with E-state index in [1.807, 2.05) is 20.8 Å². The largest absolute Gasteiger partial charge is 0.417 e. The van der Waals surface area contributed by atoms with Gasteiger partial charge >= 0.3 is 6.18 Å². The second-order valence-corrected chi connectivity index (χ2v) is 13.0. The third-order valence-electron chi connectivity index (χ3n) is 6.76. The average molecular weight is 540 g/mol. The van der Waals surface area contributed by atoms with Gasteiger partial charge in [-0.15, -0.1) is 11.3 Å². The van der Waals surface area contributed by atoms with Gasteiger partial charge in [-0.2, -0.15) is 13.2 Å². The molecule has 4 heterocycles. The summed E-state index contributed by atoms with van der Waals surface area (Å²) in [5, 5.41) is 15.7. The number of thiazole rings is 1. The van der Waals surface area contributed by atoms with Gasteiger partial charge in [-0.3, -0.25) is 9.69 Å². The summed E-state index contributed by atoms with van der Waals surface area (Å²) < 4.78 is 42.9. The number of nitrogens with zero attached hydrogens (tertiary/aromatic N) is 3. The Balaban J connectivity index is 1.72. The number of alkyl halides is 3. The summed E-state index contributed by atoms with van der Waals surface area (Å²) in [5.41, 5.74) is -1.69. The lowest BCUT2D eigenvalue weighted by molar-refractivity contribution is -0.137. The SMILES string of the molecule is CC(C)(C)CNc1cc(C(F)(F)F)c(-c2sc(C(=O)NCC(C)(C)O)nc2CN2C3CCC2CC3)cn1. The van der Waals surface area contributed by atoms with Crippen molar-refractivity contribution in [2.45, 2.75) is 90.7 Å². The minimum Gasteiger partial charge on any atom is -0.389 e. The van der Waals surface area contributed by atoms with Gasteiger partial charge in [0.05, 0.1) is 21.7 Å². The molecule has 7 nitrogen and oxygen atoms in total. The van der Waals surface area contributed by atoms with Crippen LogP contribution in [0.1, 0.15) is 81.4 Å². The molecule has 0 spiro atoms. The highest BCUT2D eigenvalue weighted by molar-refractivity contribution is 7.17. The van der Waals surface area contributed by atoms with Crippen LogP contribution < -0.4 is 10.6 Å². The van der Waals surface area contributed by atoms with E-state index in [1.165, 1.54) is 6.20 Å². The van der Waals surface area contributed by atoms with E-state index in [0.717, 1.165) is 43.1 Å². The minimum atomic E-state index is -4.62. The van der Waals surface area contributed by atoms with E-state index in [0.29, 0.717) is 35.7 Å². The molecule has 0 aliphatic carbocycles. The Morgan fingerprint density at radius 1 is 1.11 bits per heavy atom. The van der Waals surface area contributed by atoms with E-state index >= 15 is 0 Å². The Labute approximate surface area is 219 Å². The van der Waals surface area contributed by atoms with Crippen LogP contribution in [0, 0.1) is 5.41 Å². The van der Waals surface area contributed by atoms with Gasteiger partial charge < -0.3 is 15.7 Å². The lowest BCUT2D eigenvalue weighted by atomic mass is 9.97. The predicted octanol–water partition coefficient (Wildman–Crippen LogP) is 5.31. The van der Waals surface area contributed by atoms with Gasteiger partial charge in [-0.1, -0.05) is 20.8 Å². The summed E-state index contributed by atoms with van der Waals surface area (Å²) in [5.74, 6) is -0.369. The molecule has 2 fully saturated rings. The van der Waals surface area contributed by atoms with Crippen molar-refractivity contribution in [1.82, 2.24) is 20.2 Å². The Hall–Kier alpha value is -2.24. The summed E-state index contributed by atoms with van der Waals surface area (Å²) >= 11 is 0.939. The van der Waals surface area contributed by atoms with Crippen molar-refractivity contribution in [2.75, 3.05) is 18.4 Å². The van der Waals surface area contributed by atoms with Crippen molar-refractivity contribution in [1.29, 1.82) is 0 Å². The second-order valence-electron chi connectivity index (χ2n) is 12.0. The van der Waals surface area contributed by atoms with Crippen LogP contribution in [-0.2, 0) is 12.7 Å². The first kappa shape index (κ1) is 27.8. The van der Waals surface area contributed by atoms with Gasteiger partial charge in [0, 0.05) is 43.5 Å². The van der Waals surface area contributed by atoms with E-state index in [9.17, 15) is 23.1 Å². The monoisotopic (exact) mass is 539 g/mol. The highest BCUT2D eigenvalue weighted by Crippen LogP contribution is 2.44. The Morgan fingerprint density at radius 3 is 2.27 bits per heavy atom. The van der Waals surface area contributed by atoms with Crippen molar-refractivity contribution >= 4 is 23.1 Å². The number of halogens is 3. The van der Waals surface area contributed by atoms with E-state index in [1.54, 1.807) is 13.8 Å². The van der Waals surface area contributed by atoms with Crippen molar-refractivity contribution in [3.05, 3.63) is 28.5 Å². The number of fused-ring (bicyclic) bond motifs is 2. The summed E-state index contributed by atoms with van der Waals surface area (Å²) in [6.45, 7) is 9.93. The number of amides is 1. The van der Waals surface area contributed by atoms with E-state index in [4.69, 9.17) is 0 Å². The number of aromatic nitrogens is 2. The third kappa shape index (κ3) is 6.80. The highest BCUT2D eigenvalue weighted by Gasteiger charge is 2.41. The first-order chi connectivity index (χ1) is 17.1. The Morgan fingerprint density at radius 2 is 1.73 bits per heavy atom. The average Bonchev–Trinajstić information content (AvgIpc) is 3.49. The fraction of sp³-hybridized carbons (Fsp3) is 0.654. The fourth-order valence-electron chi connectivity index (χ4n) is 4.91. The van der Waals surface area contributed by atoms with Crippen LogP contribution in [0.2, 0.25) is 0 Å². The molecule has 0 saturated carbocycles. The zero-order chi connectivity index (χ0) is 27.2. The number of pyridine rings is 1. The highest BCUT2D eigenvalue weighted by atomic mass is 32.1. The van der Waals surface area contributed by atoms with Crippen LogP contribution >= 0.6 is 11.3 Å². The minimum absolute atomic E-state index is 0.00411. The number of aliphatic hydroxyl groups is 1. The number of anilines is 1. The molecule has 0 radical (unpaired) electrons. The Bertz CT molecular complexity index is 1120. The Kier molecular flexibility index (Phi) is 7.62. The molecular weight excluding hydrogens is 503 g/mol. The van der Waals surface area contributed by atoms with Crippen LogP contribution in [0.5, 0.6) is 0 Å². The van der Waals surface area contributed by atoms with Crippen molar-refractivity contribution < 1.29 is 23.1 Å². The molecule has 3 N–H and O–H groups in total.